The van der Waals surface area contributed by atoms with E-state index in [1.807, 2.05) is 18.5 Å². The first-order chi connectivity index (χ1) is 12.3. The minimum absolute atomic E-state index is 0. The number of aromatic nitrogens is 3. The van der Waals surface area contributed by atoms with Crippen molar-refractivity contribution in [2.75, 3.05) is 19.6 Å². The minimum atomic E-state index is 0. The van der Waals surface area contributed by atoms with E-state index in [9.17, 15) is 0 Å². The molecule has 146 valence electrons. The van der Waals surface area contributed by atoms with Gasteiger partial charge in [-0.2, -0.15) is 0 Å². The number of nitrogens with zero attached hydrogens (tertiary/aromatic N) is 4. The summed E-state index contributed by atoms with van der Waals surface area (Å²) in [6.07, 6.45) is 9.35. The van der Waals surface area contributed by atoms with Crippen molar-refractivity contribution < 1.29 is 0 Å². The summed E-state index contributed by atoms with van der Waals surface area (Å²) in [7, 11) is 0. The molecule has 0 bridgehead atoms. The van der Waals surface area contributed by atoms with Gasteiger partial charge in [0, 0.05) is 44.4 Å². The summed E-state index contributed by atoms with van der Waals surface area (Å²) in [5, 5.41) is 3.47. The molecule has 3 aromatic rings. The standard InChI is InChI=1S/C20H25N5.2ClH/c1-16-4-5-20-23-19(15-25(20)11-16)14-24(13-18-6-8-22-10-18)12-17-3-2-7-21-9-17;;/h2-5,7,9,11,15,18,22H,6,8,10,12-14H2,1H3;2*1H. The van der Waals surface area contributed by atoms with Crippen molar-refractivity contribution in [3.05, 3.63) is 65.9 Å². The summed E-state index contributed by atoms with van der Waals surface area (Å²) in [5.74, 6) is 0.718. The SMILES string of the molecule is Cc1ccc2nc(CN(Cc3cccnc3)CC3CCNC3)cn2c1.Cl.Cl. The summed E-state index contributed by atoms with van der Waals surface area (Å²) < 4.78 is 2.13. The molecule has 0 saturated carbocycles. The quantitative estimate of drug-likeness (QED) is 0.678. The molecule has 4 rings (SSSR count). The van der Waals surface area contributed by atoms with Crippen molar-refractivity contribution >= 4 is 30.5 Å². The predicted molar refractivity (Wildman–Crippen MR) is 114 cm³/mol. The predicted octanol–water partition coefficient (Wildman–Crippen LogP) is 3.49. The average Bonchev–Trinajstić information content (AvgIpc) is 3.24. The topological polar surface area (TPSA) is 45.5 Å². The Hall–Kier alpha value is -1.66. The van der Waals surface area contributed by atoms with Crippen molar-refractivity contribution in [2.45, 2.75) is 26.4 Å². The van der Waals surface area contributed by atoms with Gasteiger partial charge in [0.15, 0.2) is 0 Å². The van der Waals surface area contributed by atoms with Crippen LogP contribution in [-0.4, -0.2) is 38.9 Å². The Morgan fingerprint density at radius 2 is 2.07 bits per heavy atom. The number of nitrogens with one attached hydrogen (secondary N) is 1. The van der Waals surface area contributed by atoms with E-state index in [1.165, 1.54) is 17.5 Å². The van der Waals surface area contributed by atoms with Crippen LogP contribution >= 0.6 is 24.8 Å². The maximum Gasteiger partial charge on any atom is 0.137 e. The van der Waals surface area contributed by atoms with Crippen molar-refractivity contribution in [1.82, 2.24) is 24.6 Å². The first-order valence-electron chi connectivity index (χ1n) is 9.02. The van der Waals surface area contributed by atoms with Crippen molar-refractivity contribution in [3.63, 3.8) is 0 Å². The molecule has 5 nitrogen and oxygen atoms in total. The molecule has 1 atom stereocenters. The van der Waals surface area contributed by atoms with E-state index < -0.39 is 0 Å². The zero-order valence-corrected chi connectivity index (χ0v) is 17.2. The van der Waals surface area contributed by atoms with E-state index in [0.717, 1.165) is 50.0 Å². The van der Waals surface area contributed by atoms with Crippen LogP contribution in [0.4, 0.5) is 0 Å². The number of halogens is 2. The molecule has 1 saturated heterocycles. The Morgan fingerprint density at radius 3 is 2.81 bits per heavy atom. The highest BCUT2D eigenvalue weighted by molar-refractivity contribution is 5.85. The summed E-state index contributed by atoms with van der Waals surface area (Å²) in [6, 6.07) is 8.37. The van der Waals surface area contributed by atoms with E-state index in [4.69, 9.17) is 4.98 Å². The van der Waals surface area contributed by atoms with Crippen LogP contribution in [0.1, 0.15) is 23.2 Å². The summed E-state index contributed by atoms with van der Waals surface area (Å²) in [6.45, 7) is 7.24. The Bertz CT molecular complexity index is 831. The van der Waals surface area contributed by atoms with Crippen LogP contribution < -0.4 is 5.32 Å². The van der Waals surface area contributed by atoms with E-state index in [2.05, 4.69) is 57.1 Å². The molecule has 1 fully saturated rings. The number of pyridine rings is 2. The van der Waals surface area contributed by atoms with Gasteiger partial charge in [-0.05, 0) is 55.6 Å². The van der Waals surface area contributed by atoms with Gasteiger partial charge in [-0.15, -0.1) is 24.8 Å². The smallest absolute Gasteiger partial charge is 0.137 e. The highest BCUT2D eigenvalue weighted by Gasteiger charge is 2.19. The van der Waals surface area contributed by atoms with Gasteiger partial charge in [0.1, 0.15) is 5.65 Å². The maximum atomic E-state index is 4.80. The number of fused-ring (bicyclic) bond motifs is 1. The van der Waals surface area contributed by atoms with Crippen molar-refractivity contribution in [2.24, 2.45) is 5.92 Å². The lowest BCUT2D eigenvalue weighted by molar-refractivity contribution is 0.218. The molecule has 0 spiro atoms. The Morgan fingerprint density at radius 1 is 1.19 bits per heavy atom. The fraction of sp³-hybridized carbons (Fsp3) is 0.400. The molecule has 4 heterocycles. The van der Waals surface area contributed by atoms with E-state index in [-0.39, 0.29) is 24.8 Å². The van der Waals surface area contributed by atoms with Gasteiger partial charge in [-0.25, -0.2) is 4.98 Å². The van der Waals surface area contributed by atoms with Crippen LogP contribution in [0.5, 0.6) is 0 Å². The second kappa shape index (κ2) is 10.0. The second-order valence-corrected chi connectivity index (χ2v) is 7.09. The Labute approximate surface area is 173 Å². The molecule has 3 aromatic heterocycles. The van der Waals surface area contributed by atoms with Gasteiger partial charge >= 0.3 is 0 Å². The number of hydrogen-bond acceptors (Lipinski definition) is 4. The van der Waals surface area contributed by atoms with Gasteiger partial charge in [-0.1, -0.05) is 12.1 Å². The average molecular weight is 408 g/mol. The fourth-order valence-corrected chi connectivity index (χ4v) is 3.63. The molecule has 0 radical (unpaired) electrons. The highest BCUT2D eigenvalue weighted by atomic mass is 35.5. The molecule has 0 aliphatic carbocycles. The Balaban J connectivity index is 0.00000131. The fourth-order valence-electron chi connectivity index (χ4n) is 3.63. The van der Waals surface area contributed by atoms with Gasteiger partial charge in [0.05, 0.1) is 5.69 Å². The number of rotatable bonds is 6. The molecular weight excluding hydrogens is 381 g/mol. The third kappa shape index (κ3) is 5.66. The van der Waals surface area contributed by atoms with Gasteiger partial charge in [-0.3, -0.25) is 9.88 Å². The lowest BCUT2D eigenvalue weighted by Crippen LogP contribution is -2.30. The lowest BCUT2D eigenvalue weighted by atomic mass is 10.1. The van der Waals surface area contributed by atoms with Gasteiger partial charge in [0.25, 0.3) is 0 Å². The first-order valence-corrected chi connectivity index (χ1v) is 9.02. The summed E-state index contributed by atoms with van der Waals surface area (Å²) in [5.41, 5.74) is 4.65. The summed E-state index contributed by atoms with van der Waals surface area (Å²) in [4.78, 5) is 11.6. The van der Waals surface area contributed by atoms with Crippen LogP contribution in [0.2, 0.25) is 0 Å². The third-order valence-electron chi connectivity index (χ3n) is 4.84. The van der Waals surface area contributed by atoms with Crippen molar-refractivity contribution in [3.8, 4) is 0 Å². The van der Waals surface area contributed by atoms with Crippen LogP contribution in [0.3, 0.4) is 0 Å². The molecule has 27 heavy (non-hydrogen) atoms. The van der Waals surface area contributed by atoms with E-state index >= 15 is 0 Å². The maximum absolute atomic E-state index is 4.80. The monoisotopic (exact) mass is 407 g/mol. The van der Waals surface area contributed by atoms with Crippen LogP contribution in [0.25, 0.3) is 5.65 Å². The van der Waals surface area contributed by atoms with Crippen LogP contribution in [-0.2, 0) is 13.1 Å². The lowest BCUT2D eigenvalue weighted by Gasteiger charge is -2.24. The molecule has 1 N–H and O–H groups in total. The second-order valence-electron chi connectivity index (χ2n) is 7.09. The molecule has 1 unspecified atom stereocenters. The van der Waals surface area contributed by atoms with E-state index in [0.29, 0.717) is 0 Å². The number of imidazole rings is 1. The molecule has 0 amide bonds. The number of aryl methyl sites for hydroxylation is 1. The van der Waals surface area contributed by atoms with E-state index in [1.54, 1.807) is 0 Å². The molecule has 7 heteroatoms. The third-order valence-corrected chi connectivity index (χ3v) is 4.84. The van der Waals surface area contributed by atoms with Crippen LogP contribution in [0, 0.1) is 12.8 Å². The minimum Gasteiger partial charge on any atom is -0.316 e. The van der Waals surface area contributed by atoms with Crippen molar-refractivity contribution in [1.29, 1.82) is 0 Å². The summed E-state index contributed by atoms with van der Waals surface area (Å²) >= 11 is 0. The zero-order chi connectivity index (χ0) is 17.1. The molecule has 1 aliphatic heterocycles. The highest BCUT2D eigenvalue weighted by Crippen LogP contribution is 2.16. The zero-order valence-electron chi connectivity index (χ0n) is 15.5. The van der Waals surface area contributed by atoms with Gasteiger partial charge < -0.3 is 9.72 Å². The molecule has 1 aliphatic rings. The largest absolute Gasteiger partial charge is 0.316 e. The number of hydrogen-bond donors (Lipinski definition) is 1. The molecule has 0 aromatic carbocycles. The normalized spacial score (nSPS) is 16.3. The first kappa shape index (κ1) is 21.6. The van der Waals surface area contributed by atoms with Crippen LogP contribution in [0.15, 0.2) is 49.1 Å². The molecular formula is C20H27Cl2N5. The Kier molecular flexibility index (Phi) is 8.05. The van der Waals surface area contributed by atoms with Gasteiger partial charge in [0.2, 0.25) is 0 Å².